The number of piperazine rings is 1. The number of benzene rings is 1. The number of hydrogen-bond donors (Lipinski definition) is 1. The molecule has 0 atom stereocenters. The summed E-state index contributed by atoms with van der Waals surface area (Å²) >= 11 is 0. The Labute approximate surface area is 194 Å². The molecule has 8 nitrogen and oxygen atoms in total. The van der Waals surface area contributed by atoms with Crippen molar-refractivity contribution in [2.75, 3.05) is 44.2 Å². The molecule has 33 heavy (non-hydrogen) atoms. The molecule has 172 valence electrons. The second-order valence-electron chi connectivity index (χ2n) is 8.11. The number of aromatic hydroxyl groups is 1. The smallest absolute Gasteiger partial charge is 0.274 e. The fourth-order valence-corrected chi connectivity index (χ4v) is 4.17. The zero-order valence-electron chi connectivity index (χ0n) is 19.2. The van der Waals surface area contributed by atoms with Gasteiger partial charge in [-0.3, -0.25) is 14.7 Å². The lowest BCUT2D eigenvalue weighted by Crippen LogP contribution is -2.46. The molecule has 3 heterocycles. The first kappa shape index (κ1) is 22.7. The number of amides is 1. The van der Waals surface area contributed by atoms with E-state index in [0.717, 1.165) is 49.7 Å². The van der Waals surface area contributed by atoms with Gasteiger partial charge in [-0.05, 0) is 43.2 Å². The average Bonchev–Trinajstić information content (AvgIpc) is 2.86. The van der Waals surface area contributed by atoms with Crippen molar-refractivity contribution in [2.24, 2.45) is 0 Å². The van der Waals surface area contributed by atoms with E-state index in [0.29, 0.717) is 18.8 Å². The van der Waals surface area contributed by atoms with Gasteiger partial charge in [0.1, 0.15) is 5.75 Å². The van der Waals surface area contributed by atoms with E-state index in [2.05, 4.69) is 37.1 Å². The first-order chi connectivity index (χ1) is 16.1. The maximum atomic E-state index is 12.4. The molecular weight excluding hydrogens is 416 g/mol. The number of hydrogen-bond acceptors (Lipinski definition) is 7. The van der Waals surface area contributed by atoms with Gasteiger partial charge < -0.3 is 14.9 Å². The van der Waals surface area contributed by atoms with Gasteiger partial charge in [-0.1, -0.05) is 24.3 Å². The number of aromatic nitrogens is 3. The van der Waals surface area contributed by atoms with Gasteiger partial charge in [0.05, 0.1) is 6.20 Å². The minimum Gasteiger partial charge on any atom is -0.506 e. The Kier molecular flexibility index (Phi) is 7.14. The molecule has 0 radical (unpaired) electrons. The fraction of sp³-hybridized carbons (Fsp3) is 0.360. The van der Waals surface area contributed by atoms with Crippen LogP contribution in [-0.4, -0.2) is 75.3 Å². The fourth-order valence-electron chi connectivity index (χ4n) is 4.17. The quantitative estimate of drug-likeness (QED) is 0.597. The van der Waals surface area contributed by atoms with Crippen molar-refractivity contribution in [1.82, 2.24) is 25.0 Å². The van der Waals surface area contributed by atoms with Crippen molar-refractivity contribution in [3.8, 4) is 16.9 Å². The van der Waals surface area contributed by atoms with Crippen LogP contribution in [0.3, 0.4) is 0 Å². The third kappa shape index (κ3) is 5.28. The van der Waals surface area contributed by atoms with Crippen LogP contribution in [0.15, 0.2) is 54.9 Å². The summed E-state index contributed by atoms with van der Waals surface area (Å²) < 4.78 is 0. The predicted molar refractivity (Wildman–Crippen MR) is 128 cm³/mol. The number of rotatable bonds is 7. The van der Waals surface area contributed by atoms with Crippen LogP contribution >= 0.6 is 0 Å². The van der Waals surface area contributed by atoms with Crippen LogP contribution in [-0.2, 0) is 6.54 Å². The van der Waals surface area contributed by atoms with Gasteiger partial charge in [-0.25, -0.2) is 0 Å². The van der Waals surface area contributed by atoms with E-state index in [1.165, 1.54) is 11.8 Å². The van der Waals surface area contributed by atoms with Crippen LogP contribution in [0.1, 0.15) is 29.9 Å². The van der Waals surface area contributed by atoms with Crippen LogP contribution < -0.4 is 4.90 Å². The van der Waals surface area contributed by atoms with Crippen molar-refractivity contribution < 1.29 is 9.90 Å². The Balaban J connectivity index is 1.38. The summed E-state index contributed by atoms with van der Waals surface area (Å²) in [6.45, 7) is 9.54. The van der Waals surface area contributed by atoms with Gasteiger partial charge in [0.25, 0.3) is 5.91 Å². The Morgan fingerprint density at radius 1 is 1.00 bits per heavy atom. The number of anilines is 1. The summed E-state index contributed by atoms with van der Waals surface area (Å²) in [6, 6.07) is 13.7. The van der Waals surface area contributed by atoms with Gasteiger partial charge in [0, 0.05) is 57.6 Å². The van der Waals surface area contributed by atoms with E-state index in [4.69, 9.17) is 0 Å². The summed E-state index contributed by atoms with van der Waals surface area (Å²) in [6.07, 6.45) is 3.23. The number of nitrogens with zero attached hydrogens (tertiary/aromatic N) is 6. The molecule has 2 aromatic heterocycles. The highest BCUT2D eigenvalue weighted by Gasteiger charge is 2.21. The van der Waals surface area contributed by atoms with Crippen molar-refractivity contribution in [2.45, 2.75) is 20.4 Å². The van der Waals surface area contributed by atoms with Gasteiger partial charge >= 0.3 is 0 Å². The molecule has 1 fully saturated rings. The Morgan fingerprint density at radius 3 is 2.42 bits per heavy atom. The summed E-state index contributed by atoms with van der Waals surface area (Å²) in [4.78, 5) is 22.9. The molecule has 3 aromatic rings. The van der Waals surface area contributed by atoms with E-state index in [1.807, 2.05) is 32.0 Å². The molecule has 0 saturated carbocycles. The lowest BCUT2D eigenvalue weighted by Gasteiger charge is -2.35. The topological polar surface area (TPSA) is 85.7 Å². The van der Waals surface area contributed by atoms with Crippen molar-refractivity contribution >= 4 is 11.7 Å². The van der Waals surface area contributed by atoms with Gasteiger partial charge in [0.2, 0.25) is 0 Å². The van der Waals surface area contributed by atoms with E-state index in [-0.39, 0.29) is 11.7 Å². The minimum absolute atomic E-state index is 0.0792. The Bertz CT molecular complexity index is 1080. The first-order valence-corrected chi connectivity index (χ1v) is 11.4. The molecule has 1 aliphatic heterocycles. The largest absolute Gasteiger partial charge is 0.506 e. The lowest BCUT2D eigenvalue weighted by atomic mass is 10.0. The summed E-state index contributed by atoms with van der Waals surface area (Å²) in [5, 5.41) is 18.3. The normalized spacial score (nSPS) is 14.3. The molecule has 0 aliphatic carbocycles. The van der Waals surface area contributed by atoms with E-state index in [1.54, 1.807) is 23.2 Å². The van der Waals surface area contributed by atoms with E-state index < -0.39 is 0 Å². The molecule has 1 saturated heterocycles. The maximum Gasteiger partial charge on any atom is 0.274 e. The molecule has 8 heteroatoms. The molecule has 4 rings (SSSR count). The highest BCUT2D eigenvalue weighted by molar-refractivity contribution is 5.92. The Hall–Kier alpha value is -3.52. The highest BCUT2D eigenvalue weighted by Crippen LogP contribution is 2.27. The summed E-state index contributed by atoms with van der Waals surface area (Å²) in [7, 11) is 0. The van der Waals surface area contributed by atoms with Gasteiger partial charge in [-0.15, -0.1) is 10.2 Å². The molecule has 1 aromatic carbocycles. The maximum absolute atomic E-state index is 12.4. The van der Waals surface area contributed by atoms with E-state index in [9.17, 15) is 9.90 Å². The molecule has 1 amide bonds. The number of carbonyl (C=O) groups excluding carboxylic acids is 1. The molecule has 1 N–H and O–H groups in total. The molecule has 0 spiro atoms. The van der Waals surface area contributed by atoms with Crippen molar-refractivity contribution in [3.63, 3.8) is 0 Å². The van der Waals surface area contributed by atoms with Crippen molar-refractivity contribution in [1.29, 1.82) is 0 Å². The average molecular weight is 447 g/mol. The third-order valence-corrected chi connectivity index (χ3v) is 6.06. The zero-order valence-corrected chi connectivity index (χ0v) is 19.2. The third-order valence-electron chi connectivity index (χ3n) is 6.06. The molecule has 1 aliphatic rings. The molecular formula is C25H30N6O2. The number of carbonyl (C=O) groups is 1. The second kappa shape index (κ2) is 10.4. The van der Waals surface area contributed by atoms with E-state index >= 15 is 0 Å². The molecule has 0 bridgehead atoms. The van der Waals surface area contributed by atoms with Crippen molar-refractivity contribution in [3.05, 3.63) is 66.1 Å². The predicted octanol–water partition coefficient (Wildman–Crippen LogP) is 3.05. The van der Waals surface area contributed by atoms with Crippen LogP contribution in [0.4, 0.5) is 5.82 Å². The molecule has 0 unspecified atom stereocenters. The lowest BCUT2D eigenvalue weighted by molar-refractivity contribution is 0.0766. The standard InChI is InChI=1S/C25H30N6O2/c1-3-30(4-2)25(33)23-9-10-24(28-27-23)31-13-11-29(12-14-31)18-19-7-5-6-8-22(19)20-15-21(32)17-26-16-20/h5-10,15-17,32H,3-4,11-14,18H2,1-2H3. The second-order valence-corrected chi connectivity index (χ2v) is 8.11. The van der Waals surface area contributed by atoms with Crippen LogP contribution in [0.25, 0.3) is 11.1 Å². The zero-order chi connectivity index (χ0) is 23.2. The van der Waals surface area contributed by atoms with Crippen LogP contribution in [0.2, 0.25) is 0 Å². The van der Waals surface area contributed by atoms with Crippen LogP contribution in [0.5, 0.6) is 5.75 Å². The highest BCUT2D eigenvalue weighted by atomic mass is 16.3. The SMILES string of the molecule is CCN(CC)C(=O)c1ccc(N2CCN(Cc3ccccc3-c3cncc(O)c3)CC2)nn1. The minimum atomic E-state index is -0.0792. The van der Waals surface area contributed by atoms with Crippen LogP contribution in [0, 0.1) is 0 Å². The first-order valence-electron chi connectivity index (χ1n) is 11.4. The monoisotopic (exact) mass is 446 g/mol. The summed E-state index contributed by atoms with van der Waals surface area (Å²) in [5.74, 6) is 0.892. The van der Waals surface area contributed by atoms with Gasteiger partial charge in [-0.2, -0.15) is 0 Å². The number of pyridine rings is 1. The van der Waals surface area contributed by atoms with Gasteiger partial charge in [0.15, 0.2) is 11.5 Å². The summed E-state index contributed by atoms with van der Waals surface area (Å²) in [5.41, 5.74) is 3.60. The Morgan fingerprint density at radius 2 is 1.76 bits per heavy atom.